The zero-order chi connectivity index (χ0) is 24.5. The fourth-order valence-corrected chi connectivity index (χ4v) is 3.59. The van der Waals surface area contributed by atoms with Gasteiger partial charge in [-0.3, -0.25) is 14.4 Å². The number of likely N-dealkylation sites (tertiary alicyclic amines) is 1. The van der Waals surface area contributed by atoms with Crippen LogP contribution in [-0.2, 0) is 14.4 Å². The smallest absolute Gasteiger partial charge is 0.255 e. The van der Waals surface area contributed by atoms with Gasteiger partial charge in [0.25, 0.3) is 5.91 Å². The van der Waals surface area contributed by atoms with E-state index in [0.717, 1.165) is 25.7 Å². The highest BCUT2D eigenvalue weighted by Gasteiger charge is 2.49. The number of rotatable bonds is 5. The predicted molar refractivity (Wildman–Crippen MR) is 127 cm³/mol. The Hall–Kier alpha value is -2.18. The summed E-state index contributed by atoms with van der Waals surface area (Å²) in [6.45, 7) is 13.6. The van der Waals surface area contributed by atoms with Crippen molar-refractivity contribution in [3.05, 3.63) is 23.3 Å². The maximum atomic E-state index is 12.5. The fraction of sp³-hybridized carbons (Fsp3) is 0.720. The molecular weight excluding hydrogens is 409 g/mol. The van der Waals surface area contributed by atoms with Crippen LogP contribution in [0, 0.1) is 5.41 Å². The molecule has 0 aromatic carbocycles. The van der Waals surface area contributed by atoms with Gasteiger partial charge in [0.2, 0.25) is 11.8 Å². The Labute approximate surface area is 192 Å². The van der Waals surface area contributed by atoms with Gasteiger partial charge in [-0.15, -0.1) is 0 Å². The first kappa shape index (κ1) is 27.9. The Morgan fingerprint density at radius 2 is 1.88 bits per heavy atom. The molecule has 6 nitrogen and oxygen atoms in total. The molecule has 1 saturated carbocycles. The molecule has 0 aromatic heterocycles. The van der Waals surface area contributed by atoms with Crippen LogP contribution >= 0.6 is 0 Å². The number of amides is 3. The maximum Gasteiger partial charge on any atom is 0.255 e. The molecule has 1 heterocycles. The zero-order valence-electron chi connectivity index (χ0n) is 20.7. The number of hydrogen-bond acceptors (Lipinski definition) is 3. The second-order valence-corrected chi connectivity index (χ2v) is 9.78. The van der Waals surface area contributed by atoms with Gasteiger partial charge in [0.05, 0.1) is 0 Å². The highest BCUT2D eigenvalue weighted by Crippen LogP contribution is 2.38. The first-order valence-corrected chi connectivity index (χ1v) is 11.8. The quantitative estimate of drug-likeness (QED) is 0.656. The van der Waals surface area contributed by atoms with E-state index >= 15 is 0 Å². The molecule has 0 spiro atoms. The van der Waals surface area contributed by atoms with Crippen LogP contribution in [0.5, 0.6) is 0 Å². The monoisotopic (exact) mass is 451 g/mol. The Morgan fingerprint density at radius 1 is 1.25 bits per heavy atom. The third-order valence-corrected chi connectivity index (χ3v) is 5.69. The molecule has 0 radical (unpaired) electrons. The van der Waals surface area contributed by atoms with Crippen molar-refractivity contribution < 1.29 is 18.8 Å². The van der Waals surface area contributed by atoms with Crippen LogP contribution in [0.3, 0.4) is 0 Å². The largest absolute Gasteiger partial charge is 0.367 e. The van der Waals surface area contributed by atoms with Crippen LogP contribution in [0.15, 0.2) is 23.3 Å². The lowest BCUT2D eigenvalue weighted by Crippen LogP contribution is -2.47. The lowest BCUT2D eigenvalue weighted by atomic mass is 9.91. The first-order valence-electron chi connectivity index (χ1n) is 11.8. The third-order valence-electron chi connectivity index (χ3n) is 5.69. The maximum absolute atomic E-state index is 12.5. The van der Waals surface area contributed by atoms with Gasteiger partial charge >= 0.3 is 0 Å². The van der Waals surface area contributed by atoms with E-state index in [0.29, 0.717) is 32.4 Å². The summed E-state index contributed by atoms with van der Waals surface area (Å²) in [4.78, 5) is 36.7. The summed E-state index contributed by atoms with van der Waals surface area (Å²) in [5, 5.41) is 3.03. The number of primary amides is 1. The molecule has 7 heteroatoms. The molecule has 1 unspecified atom stereocenters. The summed E-state index contributed by atoms with van der Waals surface area (Å²) in [5.41, 5.74) is 5.51. The van der Waals surface area contributed by atoms with Gasteiger partial charge in [0, 0.05) is 19.5 Å². The van der Waals surface area contributed by atoms with E-state index in [1.165, 1.54) is 11.1 Å². The predicted octanol–water partition coefficient (Wildman–Crippen LogP) is 4.20. The van der Waals surface area contributed by atoms with Crippen LogP contribution in [0.25, 0.3) is 0 Å². The van der Waals surface area contributed by atoms with Crippen LogP contribution in [0.1, 0.15) is 86.5 Å². The molecule has 32 heavy (non-hydrogen) atoms. The molecule has 1 aliphatic heterocycles. The summed E-state index contributed by atoms with van der Waals surface area (Å²) in [5.74, 6) is -0.723. The summed E-state index contributed by atoms with van der Waals surface area (Å²) < 4.78 is 12.1. The van der Waals surface area contributed by atoms with Crippen molar-refractivity contribution in [2.75, 3.05) is 13.1 Å². The lowest BCUT2D eigenvalue weighted by molar-refractivity contribution is -0.139. The number of nitrogens with two attached hydrogens (primary N) is 1. The first-order chi connectivity index (χ1) is 14.9. The van der Waals surface area contributed by atoms with Crippen LogP contribution in [0.4, 0.5) is 4.39 Å². The Kier molecular flexibility index (Phi) is 10.6. The normalized spacial score (nSPS) is 21.1. The Bertz CT molecular complexity index is 733. The zero-order valence-corrected chi connectivity index (χ0v) is 20.7. The molecule has 3 aliphatic rings. The van der Waals surface area contributed by atoms with Crippen molar-refractivity contribution in [2.24, 2.45) is 11.1 Å². The number of nitrogens with one attached hydrogen (secondary N) is 1. The van der Waals surface area contributed by atoms with Gasteiger partial charge in [-0.25, -0.2) is 4.39 Å². The molecular formula is C25H42FN3O3. The molecule has 1 saturated heterocycles. The van der Waals surface area contributed by atoms with Crippen molar-refractivity contribution in [3.63, 3.8) is 0 Å². The summed E-state index contributed by atoms with van der Waals surface area (Å²) in [7, 11) is 0. The van der Waals surface area contributed by atoms with Crippen molar-refractivity contribution in [1.29, 1.82) is 0 Å². The van der Waals surface area contributed by atoms with E-state index in [1.807, 2.05) is 13.8 Å². The van der Waals surface area contributed by atoms with E-state index in [-0.39, 0.29) is 23.3 Å². The standard InChI is InChI=1S/C19H30N2O2.C4H6FNO.C2H6/c1-14-8-5-6-9-15(14)13-20-18(23)16-10-7-11-21(16)17(22)12-19(2,3)4;5-4(1-2-4)3(6)7;1-2/h6,9,16H,5,7-8,10-13H2,1-4H3,(H,20,23);1-2H2,(H2,6,7);1-2H3. The number of alkyl halides is 1. The van der Waals surface area contributed by atoms with Crippen LogP contribution in [-0.4, -0.2) is 47.4 Å². The molecule has 1 atom stereocenters. The van der Waals surface area contributed by atoms with Gasteiger partial charge in [-0.05, 0) is 56.4 Å². The molecule has 2 aliphatic carbocycles. The average Bonchev–Trinajstić information content (AvgIpc) is 3.28. The molecule has 182 valence electrons. The lowest BCUT2D eigenvalue weighted by Gasteiger charge is -2.27. The number of halogens is 1. The molecule has 0 aromatic rings. The van der Waals surface area contributed by atoms with Crippen molar-refractivity contribution in [1.82, 2.24) is 10.2 Å². The van der Waals surface area contributed by atoms with Gasteiger partial charge in [0.15, 0.2) is 5.67 Å². The number of allylic oxidation sites excluding steroid dienone is 2. The molecule has 3 N–H and O–H groups in total. The van der Waals surface area contributed by atoms with E-state index < -0.39 is 11.6 Å². The highest BCUT2D eigenvalue weighted by molar-refractivity contribution is 5.88. The van der Waals surface area contributed by atoms with E-state index in [9.17, 15) is 18.8 Å². The van der Waals surface area contributed by atoms with E-state index in [2.05, 4.69) is 50.9 Å². The number of hydrogen-bond donors (Lipinski definition) is 2. The minimum Gasteiger partial charge on any atom is -0.367 e. The second-order valence-electron chi connectivity index (χ2n) is 9.78. The Balaban J connectivity index is 0.000000477. The number of nitrogens with zero attached hydrogens (tertiary/aromatic N) is 1. The van der Waals surface area contributed by atoms with E-state index in [1.54, 1.807) is 4.90 Å². The summed E-state index contributed by atoms with van der Waals surface area (Å²) in [6, 6.07) is -0.293. The summed E-state index contributed by atoms with van der Waals surface area (Å²) in [6.07, 6.45) is 9.24. The third kappa shape index (κ3) is 8.75. The summed E-state index contributed by atoms with van der Waals surface area (Å²) >= 11 is 0. The SMILES string of the molecule is CC.CC1=C(CNC(=O)C2CCCN2C(=O)CC(C)(C)C)C=CCC1.NC(=O)C1(F)CC1. The van der Waals surface area contributed by atoms with Crippen molar-refractivity contribution in [2.45, 2.75) is 98.2 Å². The fourth-order valence-electron chi connectivity index (χ4n) is 3.59. The molecule has 2 fully saturated rings. The molecule has 3 amide bonds. The number of carbonyl (C=O) groups excluding carboxylic acids is 3. The minimum atomic E-state index is -1.61. The van der Waals surface area contributed by atoms with Gasteiger partial charge in [0.1, 0.15) is 6.04 Å². The van der Waals surface area contributed by atoms with Crippen molar-refractivity contribution >= 4 is 17.7 Å². The second kappa shape index (κ2) is 12.2. The van der Waals surface area contributed by atoms with Crippen molar-refractivity contribution in [3.8, 4) is 0 Å². The van der Waals surface area contributed by atoms with E-state index in [4.69, 9.17) is 0 Å². The topological polar surface area (TPSA) is 92.5 Å². The van der Waals surface area contributed by atoms with Crippen LogP contribution in [0.2, 0.25) is 0 Å². The minimum absolute atomic E-state index is 0.0102. The Morgan fingerprint density at radius 3 is 2.34 bits per heavy atom. The average molecular weight is 452 g/mol. The molecule has 0 bridgehead atoms. The van der Waals surface area contributed by atoms with Gasteiger partial charge < -0.3 is 16.0 Å². The van der Waals surface area contributed by atoms with Gasteiger partial charge in [-0.2, -0.15) is 0 Å². The number of carbonyl (C=O) groups is 3. The van der Waals surface area contributed by atoms with Gasteiger partial charge in [-0.1, -0.05) is 52.3 Å². The van der Waals surface area contributed by atoms with Crippen LogP contribution < -0.4 is 11.1 Å². The highest BCUT2D eigenvalue weighted by atomic mass is 19.1. The molecule has 3 rings (SSSR count).